The fourth-order valence-corrected chi connectivity index (χ4v) is 2.12. The van der Waals surface area contributed by atoms with Crippen molar-refractivity contribution in [2.45, 2.75) is 13.8 Å². The number of fused-ring (bicyclic) bond motifs is 1. The number of benzene rings is 1. The highest BCUT2D eigenvalue weighted by atomic mass is 16.7. The summed E-state index contributed by atoms with van der Waals surface area (Å²) in [5, 5.41) is 13.3. The van der Waals surface area contributed by atoms with Gasteiger partial charge < -0.3 is 14.4 Å². The molecule has 6 heteroatoms. The molecule has 0 radical (unpaired) electrons. The van der Waals surface area contributed by atoms with Crippen LogP contribution in [0, 0.1) is 13.8 Å². The van der Waals surface area contributed by atoms with Gasteiger partial charge in [0.25, 0.3) is 5.71 Å². The third kappa shape index (κ3) is 2.43. The molecule has 1 aromatic carbocycles. The van der Waals surface area contributed by atoms with E-state index in [1.807, 2.05) is 31.2 Å². The van der Waals surface area contributed by atoms with Crippen molar-refractivity contribution in [2.75, 3.05) is 0 Å². The number of hydrogen-bond donors (Lipinski definition) is 1. The largest absolute Gasteiger partial charge is 0.511 e. The van der Waals surface area contributed by atoms with Gasteiger partial charge in [-0.05, 0) is 13.8 Å². The van der Waals surface area contributed by atoms with Gasteiger partial charge in [-0.2, -0.15) is 0 Å². The second-order valence-electron chi connectivity index (χ2n) is 4.71. The standard InChI is InChI=1S/C15H12N2O4/c1-8-3-5-10(6-4-8)13-12-11(20-15(18)19)7-9(2)16-14(12)21-17-13/h3-7H,1-2H3,(H,18,19). The Morgan fingerprint density at radius 1 is 1.24 bits per heavy atom. The summed E-state index contributed by atoms with van der Waals surface area (Å²) in [5.74, 6) is 0.168. The summed E-state index contributed by atoms with van der Waals surface area (Å²) in [6, 6.07) is 9.20. The molecule has 3 aromatic rings. The van der Waals surface area contributed by atoms with Gasteiger partial charge in [0.2, 0.25) is 0 Å². The summed E-state index contributed by atoms with van der Waals surface area (Å²) in [7, 11) is 0. The zero-order valence-corrected chi connectivity index (χ0v) is 11.5. The van der Waals surface area contributed by atoms with Gasteiger partial charge in [-0.1, -0.05) is 35.0 Å². The van der Waals surface area contributed by atoms with Crippen molar-refractivity contribution in [3.8, 4) is 17.0 Å². The molecule has 0 atom stereocenters. The van der Waals surface area contributed by atoms with Crippen LogP contribution in [-0.4, -0.2) is 21.4 Å². The van der Waals surface area contributed by atoms with E-state index in [1.165, 1.54) is 0 Å². The van der Waals surface area contributed by atoms with Crippen molar-refractivity contribution in [3.63, 3.8) is 0 Å². The minimum absolute atomic E-state index is 0.168. The summed E-state index contributed by atoms with van der Waals surface area (Å²) in [4.78, 5) is 15.0. The van der Waals surface area contributed by atoms with Gasteiger partial charge in [0, 0.05) is 17.3 Å². The van der Waals surface area contributed by atoms with Crippen LogP contribution in [0.1, 0.15) is 11.3 Å². The number of aromatic nitrogens is 2. The molecule has 0 saturated carbocycles. The Morgan fingerprint density at radius 2 is 1.95 bits per heavy atom. The molecular weight excluding hydrogens is 272 g/mol. The summed E-state index contributed by atoms with van der Waals surface area (Å²) in [5.41, 5.74) is 3.27. The second kappa shape index (κ2) is 4.90. The van der Waals surface area contributed by atoms with Crippen LogP contribution < -0.4 is 4.74 Å². The SMILES string of the molecule is Cc1ccc(-c2noc3nc(C)cc(OC(=O)O)c23)cc1. The number of ether oxygens (including phenoxy) is 1. The molecule has 0 aliphatic carbocycles. The van der Waals surface area contributed by atoms with E-state index in [1.54, 1.807) is 13.0 Å². The molecule has 3 rings (SSSR count). The fraction of sp³-hybridized carbons (Fsp3) is 0.133. The Labute approximate surface area is 120 Å². The van der Waals surface area contributed by atoms with E-state index in [0.29, 0.717) is 16.8 Å². The molecule has 0 aliphatic rings. The van der Waals surface area contributed by atoms with Crippen LogP contribution in [0.15, 0.2) is 34.9 Å². The maximum Gasteiger partial charge on any atom is 0.511 e. The number of hydrogen-bond acceptors (Lipinski definition) is 5. The van der Waals surface area contributed by atoms with Crippen molar-refractivity contribution in [3.05, 3.63) is 41.6 Å². The third-order valence-electron chi connectivity index (χ3n) is 3.06. The van der Waals surface area contributed by atoms with Gasteiger partial charge in [0.05, 0.1) is 0 Å². The molecule has 1 N–H and O–H groups in total. The predicted molar refractivity (Wildman–Crippen MR) is 75.4 cm³/mol. The highest BCUT2D eigenvalue weighted by molar-refractivity contribution is 5.95. The summed E-state index contributed by atoms with van der Waals surface area (Å²) < 4.78 is 10.0. The minimum atomic E-state index is -1.39. The first-order valence-corrected chi connectivity index (χ1v) is 6.29. The molecule has 2 aromatic heterocycles. The Bertz CT molecular complexity index is 822. The van der Waals surface area contributed by atoms with E-state index in [4.69, 9.17) is 14.4 Å². The lowest BCUT2D eigenvalue weighted by Gasteiger charge is -2.04. The lowest BCUT2D eigenvalue weighted by Crippen LogP contribution is -2.04. The molecule has 0 unspecified atom stereocenters. The Morgan fingerprint density at radius 3 is 2.62 bits per heavy atom. The normalized spacial score (nSPS) is 10.8. The number of rotatable bonds is 2. The molecule has 0 aliphatic heterocycles. The zero-order valence-electron chi connectivity index (χ0n) is 11.5. The molecule has 21 heavy (non-hydrogen) atoms. The number of carbonyl (C=O) groups is 1. The first-order valence-electron chi connectivity index (χ1n) is 6.29. The van der Waals surface area contributed by atoms with E-state index in [2.05, 4.69) is 10.1 Å². The smallest absolute Gasteiger partial charge is 0.449 e. The highest BCUT2D eigenvalue weighted by Crippen LogP contribution is 2.34. The number of carboxylic acid groups (broad SMARTS) is 1. The predicted octanol–water partition coefficient (Wildman–Crippen LogP) is 3.56. The van der Waals surface area contributed by atoms with Crippen LogP contribution in [-0.2, 0) is 0 Å². The van der Waals surface area contributed by atoms with Gasteiger partial charge in [-0.25, -0.2) is 9.78 Å². The van der Waals surface area contributed by atoms with Crippen LogP contribution >= 0.6 is 0 Å². The van der Waals surface area contributed by atoms with E-state index in [9.17, 15) is 4.79 Å². The van der Waals surface area contributed by atoms with Gasteiger partial charge in [0.1, 0.15) is 11.1 Å². The van der Waals surface area contributed by atoms with Crippen LogP contribution in [0.4, 0.5) is 4.79 Å². The van der Waals surface area contributed by atoms with E-state index in [-0.39, 0.29) is 11.5 Å². The number of pyridine rings is 1. The van der Waals surface area contributed by atoms with Gasteiger partial charge in [0.15, 0.2) is 5.75 Å². The van der Waals surface area contributed by atoms with Crippen LogP contribution in [0.3, 0.4) is 0 Å². The molecule has 6 nitrogen and oxygen atoms in total. The summed E-state index contributed by atoms with van der Waals surface area (Å²) in [6.45, 7) is 3.71. The molecule has 2 heterocycles. The summed E-state index contributed by atoms with van der Waals surface area (Å²) in [6.07, 6.45) is -1.39. The molecule has 0 bridgehead atoms. The zero-order chi connectivity index (χ0) is 15.0. The lowest BCUT2D eigenvalue weighted by molar-refractivity contribution is 0.145. The Kier molecular flexibility index (Phi) is 3.06. The number of nitrogens with zero attached hydrogens (tertiary/aromatic N) is 2. The van der Waals surface area contributed by atoms with Crippen molar-refractivity contribution in [2.24, 2.45) is 0 Å². The van der Waals surface area contributed by atoms with E-state index < -0.39 is 6.16 Å². The van der Waals surface area contributed by atoms with E-state index >= 15 is 0 Å². The maximum atomic E-state index is 10.8. The molecule has 0 saturated heterocycles. The Hall–Kier alpha value is -2.89. The quantitative estimate of drug-likeness (QED) is 0.724. The average molecular weight is 284 g/mol. The topological polar surface area (TPSA) is 85.5 Å². The van der Waals surface area contributed by atoms with Crippen LogP contribution in [0.2, 0.25) is 0 Å². The van der Waals surface area contributed by atoms with Crippen molar-refractivity contribution in [1.82, 2.24) is 10.1 Å². The second-order valence-corrected chi connectivity index (χ2v) is 4.71. The molecule has 0 fully saturated rings. The van der Waals surface area contributed by atoms with Gasteiger partial charge in [-0.15, -0.1) is 0 Å². The molecule has 0 spiro atoms. The summed E-state index contributed by atoms with van der Waals surface area (Å²) >= 11 is 0. The monoisotopic (exact) mass is 284 g/mol. The maximum absolute atomic E-state index is 10.8. The van der Waals surface area contributed by atoms with Crippen molar-refractivity contribution in [1.29, 1.82) is 0 Å². The van der Waals surface area contributed by atoms with Gasteiger partial charge >= 0.3 is 6.16 Å². The van der Waals surface area contributed by atoms with Crippen LogP contribution in [0.5, 0.6) is 5.75 Å². The lowest BCUT2D eigenvalue weighted by atomic mass is 10.1. The molecule has 106 valence electrons. The van der Waals surface area contributed by atoms with Crippen molar-refractivity contribution >= 4 is 17.3 Å². The van der Waals surface area contributed by atoms with Crippen LogP contribution in [0.25, 0.3) is 22.4 Å². The van der Waals surface area contributed by atoms with Crippen molar-refractivity contribution < 1.29 is 19.2 Å². The third-order valence-corrected chi connectivity index (χ3v) is 3.06. The average Bonchev–Trinajstić information content (AvgIpc) is 2.82. The number of aryl methyl sites for hydroxylation is 2. The Balaban J connectivity index is 2.24. The highest BCUT2D eigenvalue weighted by Gasteiger charge is 2.19. The van der Waals surface area contributed by atoms with E-state index in [0.717, 1.165) is 11.1 Å². The first kappa shape index (κ1) is 13.1. The molecular formula is C15H12N2O4. The molecule has 0 amide bonds. The van der Waals surface area contributed by atoms with Gasteiger partial charge in [-0.3, -0.25) is 0 Å². The minimum Gasteiger partial charge on any atom is -0.449 e. The fourth-order valence-electron chi connectivity index (χ4n) is 2.12. The first-order chi connectivity index (χ1) is 10.0.